The minimum Gasteiger partial charge on any atom is -0.488 e. The van der Waals surface area contributed by atoms with Crippen molar-refractivity contribution in [3.8, 4) is 17.0 Å². The number of fused-ring (bicyclic) bond motifs is 3. The van der Waals surface area contributed by atoms with Crippen LogP contribution in [0.25, 0.3) is 11.3 Å². The molecule has 0 unspecified atom stereocenters. The zero-order chi connectivity index (χ0) is 18.6. The molecule has 0 N–H and O–H groups in total. The van der Waals surface area contributed by atoms with E-state index >= 15 is 0 Å². The number of amides is 1. The highest BCUT2D eigenvalue weighted by Gasteiger charge is 2.24. The van der Waals surface area contributed by atoms with E-state index in [0.29, 0.717) is 19.7 Å². The van der Waals surface area contributed by atoms with E-state index in [1.807, 2.05) is 41.3 Å². The fourth-order valence-corrected chi connectivity index (χ4v) is 3.36. The summed E-state index contributed by atoms with van der Waals surface area (Å²) in [6.07, 6.45) is 5.42. The lowest BCUT2D eigenvalue weighted by Gasteiger charge is -2.23. The second-order valence-electron chi connectivity index (χ2n) is 6.71. The van der Waals surface area contributed by atoms with Crippen LogP contribution < -0.4 is 4.74 Å². The maximum Gasteiger partial charge on any atom is 0.244 e. The van der Waals surface area contributed by atoms with Gasteiger partial charge in [-0.05, 0) is 30.7 Å². The molecule has 0 saturated carbocycles. The van der Waals surface area contributed by atoms with Crippen LogP contribution in [0.4, 0.5) is 0 Å². The highest BCUT2D eigenvalue weighted by Crippen LogP contribution is 2.37. The zero-order valence-electron chi connectivity index (χ0n) is 15.4. The maximum absolute atomic E-state index is 13.0. The third-order valence-corrected chi connectivity index (χ3v) is 4.79. The largest absolute Gasteiger partial charge is 0.488 e. The number of hydrogen-bond donors (Lipinski definition) is 0. The number of benzene rings is 1. The van der Waals surface area contributed by atoms with Gasteiger partial charge in [-0.3, -0.25) is 9.48 Å². The number of carbonyl (C=O) groups is 1. The molecule has 4 rings (SSSR count). The number of hydrogen-bond acceptors (Lipinski definition) is 4. The average Bonchev–Trinajstić information content (AvgIpc) is 3.35. The summed E-state index contributed by atoms with van der Waals surface area (Å²) in [5, 5.41) is 4.46. The first-order valence-electron chi connectivity index (χ1n) is 9.33. The Labute approximate surface area is 158 Å². The predicted octanol–water partition coefficient (Wildman–Crippen LogP) is 3.86. The van der Waals surface area contributed by atoms with E-state index in [9.17, 15) is 4.79 Å². The molecule has 6 nitrogen and oxygen atoms in total. The lowest BCUT2D eigenvalue weighted by atomic mass is 10.0. The Morgan fingerprint density at radius 3 is 2.96 bits per heavy atom. The fourth-order valence-electron chi connectivity index (χ4n) is 3.36. The third-order valence-electron chi connectivity index (χ3n) is 4.79. The molecule has 0 saturated heterocycles. The van der Waals surface area contributed by atoms with Gasteiger partial charge in [0.2, 0.25) is 5.91 Å². The number of para-hydroxylation sites is 1. The van der Waals surface area contributed by atoms with Crippen molar-refractivity contribution in [2.45, 2.75) is 39.5 Å². The van der Waals surface area contributed by atoms with E-state index in [1.54, 1.807) is 17.1 Å². The lowest BCUT2D eigenvalue weighted by molar-refractivity contribution is -0.133. The molecule has 0 atom stereocenters. The molecule has 6 heteroatoms. The molecule has 3 aromatic rings. The molecular formula is C21H23N3O3. The van der Waals surface area contributed by atoms with Crippen LogP contribution in [0.3, 0.4) is 0 Å². The van der Waals surface area contributed by atoms with Gasteiger partial charge < -0.3 is 14.1 Å². The number of carbonyl (C=O) groups excluding carboxylic acids is 1. The van der Waals surface area contributed by atoms with Gasteiger partial charge in [-0.25, -0.2) is 0 Å². The molecule has 1 aliphatic rings. The summed E-state index contributed by atoms with van der Waals surface area (Å²) in [6.45, 7) is 3.99. The van der Waals surface area contributed by atoms with E-state index in [2.05, 4.69) is 12.0 Å². The number of aromatic nitrogens is 2. The summed E-state index contributed by atoms with van der Waals surface area (Å²) >= 11 is 0. The van der Waals surface area contributed by atoms with Crippen molar-refractivity contribution in [2.24, 2.45) is 0 Å². The van der Waals surface area contributed by atoms with E-state index in [-0.39, 0.29) is 12.5 Å². The number of ether oxygens (including phenoxy) is 1. The minimum absolute atomic E-state index is 0.0368. The number of rotatable bonds is 7. The summed E-state index contributed by atoms with van der Waals surface area (Å²) < 4.78 is 13.0. The van der Waals surface area contributed by atoms with Gasteiger partial charge in [0.1, 0.15) is 24.7 Å². The molecule has 0 aliphatic carbocycles. The Morgan fingerprint density at radius 1 is 1.26 bits per heavy atom. The van der Waals surface area contributed by atoms with Gasteiger partial charge in [0.05, 0.1) is 24.7 Å². The molecule has 0 radical (unpaired) electrons. The van der Waals surface area contributed by atoms with E-state index in [4.69, 9.17) is 9.15 Å². The first-order valence-corrected chi connectivity index (χ1v) is 9.33. The Bertz CT molecular complexity index is 915. The predicted molar refractivity (Wildman–Crippen MR) is 101 cm³/mol. The normalized spacial score (nSPS) is 12.2. The zero-order valence-corrected chi connectivity index (χ0v) is 15.4. The third kappa shape index (κ3) is 3.60. The summed E-state index contributed by atoms with van der Waals surface area (Å²) in [7, 11) is 0. The van der Waals surface area contributed by atoms with Crippen LogP contribution >= 0.6 is 0 Å². The van der Waals surface area contributed by atoms with Crippen molar-refractivity contribution < 1.29 is 13.9 Å². The standard InChI is InChI=1S/C21H23N3O3/c1-2-3-10-23(13-17-7-6-11-26-17)20(25)14-24-21-16(12-22-24)15-27-19-9-5-4-8-18(19)21/h4-9,11-12H,2-3,10,13-15H2,1H3. The molecule has 27 heavy (non-hydrogen) atoms. The second kappa shape index (κ2) is 7.70. The van der Waals surface area contributed by atoms with Gasteiger partial charge in [0, 0.05) is 17.7 Å². The van der Waals surface area contributed by atoms with Crippen molar-refractivity contribution >= 4 is 5.91 Å². The summed E-state index contributed by atoms with van der Waals surface area (Å²) in [5.41, 5.74) is 2.96. The smallest absolute Gasteiger partial charge is 0.244 e. The molecule has 1 amide bonds. The Kier molecular flexibility index (Phi) is 4.96. The second-order valence-corrected chi connectivity index (χ2v) is 6.71. The summed E-state index contributed by atoms with van der Waals surface area (Å²) in [6, 6.07) is 11.6. The first-order chi connectivity index (χ1) is 13.3. The van der Waals surface area contributed by atoms with Crippen LogP contribution in [0.15, 0.2) is 53.3 Å². The number of furan rings is 1. The van der Waals surface area contributed by atoms with Crippen LogP contribution in [0.5, 0.6) is 5.75 Å². The van der Waals surface area contributed by atoms with Gasteiger partial charge >= 0.3 is 0 Å². The molecule has 3 heterocycles. The van der Waals surface area contributed by atoms with Crippen molar-refractivity contribution in [2.75, 3.05) is 6.54 Å². The van der Waals surface area contributed by atoms with E-state index in [0.717, 1.165) is 41.2 Å². The first kappa shape index (κ1) is 17.4. The van der Waals surface area contributed by atoms with Crippen molar-refractivity contribution in [1.82, 2.24) is 14.7 Å². The van der Waals surface area contributed by atoms with Gasteiger partial charge in [-0.2, -0.15) is 5.10 Å². The Morgan fingerprint density at radius 2 is 2.15 bits per heavy atom. The molecule has 1 aliphatic heterocycles. The Balaban J connectivity index is 1.56. The lowest BCUT2D eigenvalue weighted by Crippen LogP contribution is -2.34. The molecule has 0 bridgehead atoms. The van der Waals surface area contributed by atoms with Crippen molar-refractivity contribution in [3.05, 3.63) is 60.2 Å². The molecule has 140 valence electrons. The minimum atomic E-state index is 0.0368. The SMILES string of the molecule is CCCCN(Cc1ccco1)C(=O)Cn1ncc2c1-c1ccccc1OC2. The summed E-state index contributed by atoms with van der Waals surface area (Å²) in [4.78, 5) is 14.9. The molecule has 0 spiro atoms. The maximum atomic E-state index is 13.0. The number of unbranched alkanes of at least 4 members (excludes halogenated alkanes) is 1. The van der Waals surface area contributed by atoms with Crippen molar-refractivity contribution in [1.29, 1.82) is 0 Å². The molecule has 0 fully saturated rings. The van der Waals surface area contributed by atoms with Crippen molar-refractivity contribution in [3.63, 3.8) is 0 Å². The van der Waals surface area contributed by atoms with Crippen LogP contribution in [0.1, 0.15) is 31.1 Å². The highest BCUT2D eigenvalue weighted by molar-refractivity contribution is 5.78. The Hall–Kier alpha value is -3.02. The van der Waals surface area contributed by atoms with Gasteiger partial charge in [-0.15, -0.1) is 0 Å². The topological polar surface area (TPSA) is 60.5 Å². The van der Waals surface area contributed by atoms with Crippen LogP contribution in [0.2, 0.25) is 0 Å². The quantitative estimate of drug-likeness (QED) is 0.638. The van der Waals surface area contributed by atoms with Crippen LogP contribution in [-0.4, -0.2) is 27.1 Å². The van der Waals surface area contributed by atoms with Crippen LogP contribution in [-0.2, 0) is 24.5 Å². The van der Waals surface area contributed by atoms with Gasteiger partial charge in [-0.1, -0.05) is 25.5 Å². The van der Waals surface area contributed by atoms with E-state index in [1.165, 1.54) is 0 Å². The average molecular weight is 365 g/mol. The number of nitrogens with zero attached hydrogens (tertiary/aromatic N) is 3. The fraction of sp³-hybridized carbons (Fsp3) is 0.333. The monoisotopic (exact) mass is 365 g/mol. The van der Waals surface area contributed by atoms with E-state index < -0.39 is 0 Å². The highest BCUT2D eigenvalue weighted by atomic mass is 16.5. The van der Waals surface area contributed by atoms with Crippen LogP contribution in [0, 0.1) is 0 Å². The molecular weight excluding hydrogens is 342 g/mol. The summed E-state index contributed by atoms with van der Waals surface area (Å²) in [5.74, 6) is 1.66. The van der Waals surface area contributed by atoms with Gasteiger partial charge in [0.15, 0.2) is 0 Å². The molecule has 2 aromatic heterocycles. The molecule has 1 aromatic carbocycles. The van der Waals surface area contributed by atoms with Gasteiger partial charge in [0.25, 0.3) is 0 Å².